The van der Waals surface area contributed by atoms with Gasteiger partial charge in [0.15, 0.2) is 0 Å². The Hall–Kier alpha value is -0.0969. The van der Waals surface area contributed by atoms with Gasteiger partial charge in [-0.1, -0.05) is 70.9 Å². The molecule has 0 saturated heterocycles. The fourth-order valence-electron chi connectivity index (χ4n) is 3.24. The number of halogens is 2. The van der Waals surface area contributed by atoms with Gasteiger partial charge in [0.05, 0.1) is 0 Å². The quantitative estimate of drug-likeness (QED) is 0.330. The molecule has 128 valence electrons. The molecule has 3 heteroatoms. The van der Waals surface area contributed by atoms with Crippen LogP contribution in [0, 0.1) is 6.07 Å². The molecule has 0 aromatic heterocycles. The zero-order valence-corrected chi connectivity index (χ0v) is 19.3. The Morgan fingerprint density at radius 2 is 1.58 bits per heavy atom. The Morgan fingerprint density at radius 3 is 2.12 bits per heavy atom. The van der Waals surface area contributed by atoms with Crippen molar-refractivity contribution in [2.24, 2.45) is 0 Å². The fraction of sp³-hybridized carbons (Fsp3) is 0.429. The van der Waals surface area contributed by atoms with E-state index < -0.39 is 20.8 Å². The molecule has 0 saturated carbocycles. The van der Waals surface area contributed by atoms with Crippen LogP contribution in [0.4, 0.5) is 0 Å². The minimum absolute atomic E-state index is 0.165. The van der Waals surface area contributed by atoms with Gasteiger partial charge in [-0.3, -0.25) is 0 Å². The van der Waals surface area contributed by atoms with Crippen LogP contribution in [0.1, 0.15) is 63.8 Å². The molecule has 0 atom stereocenters. The van der Waals surface area contributed by atoms with Crippen molar-refractivity contribution >= 4 is 17.0 Å². The van der Waals surface area contributed by atoms with Crippen LogP contribution in [0.2, 0.25) is 0 Å². The standard InChI is InChI=1S/C21H25.2ClH.Zr/c1-20(2,3)16-11-10-14-12-15-8-7-9-18(21(4,5)6)19(15)17(14)13-16;;;/h7,9-11,13H,12H2,1-6H3;2*1H;/q-1;;;+2/p-2. The Kier molecular flexibility index (Phi) is 6.44. The molecule has 0 aliphatic heterocycles. The van der Waals surface area contributed by atoms with Crippen LogP contribution < -0.4 is 0 Å². The zero-order chi connectivity index (χ0) is 18.1. The Bertz CT molecular complexity index is 722. The van der Waals surface area contributed by atoms with E-state index in [0.29, 0.717) is 0 Å². The summed E-state index contributed by atoms with van der Waals surface area (Å²) in [4.78, 5) is 0. The molecule has 0 bridgehead atoms. The zero-order valence-electron chi connectivity index (χ0n) is 15.3. The molecule has 0 N–H and O–H groups in total. The van der Waals surface area contributed by atoms with Crippen molar-refractivity contribution in [3.8, 4) is 11.1 Å². The van der Waals surface area contributed by atoms with Crippen LogP contribution in [0.25, 0.3) is 11.1 Å². The molecule has 0 nitrogen and oxygen atoms in total. The van der Waals surface area contributed by atoms with Crippen LogP contribution in [-0.4, -0.2) is 0 Å². The van der Waals surface area contributed by atoms with E-state index in [-0.39, 0.29) is 10.8 Å². The average molecular weight is 440 g/mol. The predicted octanol–water partition coefficient (Wildman–Crippen LogP) is 7.03. The molecule has 1 aliphatic rings. The summed E-state index contributed by atoms with van der Waals surface area (Å²) < 4.78 is 0. The van der Waals surface area contributed by atoms with Gasteiger partial charge >= 0.3 is 37.9 Å². The molecule has 0 amide bonds. The second-order valence-electron chi connectivity index (χ2n) is 8.37. The summed E-state index contributed by atoms with van der Waals surface area (Å²) in [5.41, 5.74) is 8.90. The first-order valence-corrected chi connectivity index (χ1v) is 14.6. The molecular formula is C21H25Cl2Zr-. The normalized spacial score (nSPS) is 12.8. The van der Waals surface area contributed by atoms with Crippen LogP contribution in [0.15, 0.2) is 30.3 Å². The van der Waals surface area contributed by atoms with Gasteiger partial charge in [-0.25, -0.2) is 0 Å². The third-order valence-electron chi connectivity index (χ3n) is 4.50. The SMILES string of the molecule is CC(C)(C)c1ccc2c(c1)-c1c([c-]ccc1C(C)(C)C)C2.[Cl][Zr][Cl]. The minimum atomic E-state index is -0.826. The van der Waals surface area contributed by atoms with Crippen molar-refractivity contribution in [1.29, 1.82) is 0 Å². The van der Waals surface area contributed by atoms with E-state index in [1.807, 2.05) is 0 Å². The Balaban J connectivity index is 0.000000647. The maximum absolute atomic E-state index is 4.93. The third kappa shape index (κ3) is 4.35. The first kappa shape index (κ1) is 20.2. The molecule has 1 aliphatic carbocycles. The maximum atomic E-state index is 4.93. The van der Waals surface area contributed by atoms with Gasteiger partial charge in [-0.05, 0) is 22.8 Å². The van der Waals surface area contributed by atoms with Crippen molar-refractivity contribution in [3.63, 3.8) is 0 Å². The average Bonchev–Trinajstić information content (AvgIpc) is 2.83. The first-order valence-electron chi connectivity index (χ1n) is 8.23. The van der Waals surface area contributed by atoms with Crippen molar-refractivity contribution in [3.05, 3.63) is 58.7 Å². The Labute approximate surface area is 165 Å². The predicted molar refractivity (Wildman–Crippen MR) is 103 cm³/mol. The van der Waals surface area contributed by atoms with E-state index in [0.717, 1.165) is 6.42 Å². The Morgan fingerprint density at radius 1 is 0.958 bits per heavy atom. The summed E-state index contributed by atoms with van der Waals surface area (Å²) >= 11 is -0.826. The first-order chi connectivity index (χ1) is 11.1. The molecule has 0 unspecified atom stereocenters. The number of rotatable bonds is 0. The van der Waals surface area contributed by atoms with Gasteiger partial charge in [0.1, 0.15) is 0 Å². The third-order valence-corrected chi connectivity index (χ3v) is 4.50. The second-order valence-corrected chi connectivity index (χ2v) is 12.1. The van der Waals surface area contributed by atoms with Gasteiger partial charge in [0.2, 0.25) is 0 Å². The number of hydrogen-bond acceptors (Lipinski definition) is 0. The molecule has 24 heavy (non-hydrogen) atoms. The van der Waals surface area contributed by atoms with E-state index in [1.165, 1.54) is 33.4 Å². The molecule has 3 rings (SSSR count). The van der Waals surface area contributed by atoms with Gasteiger partial charge in [-0.15, -0.1) is 16.7 Å². The van der Waals surface area contributed by atoms with Gasteiger partial charge < -0.3 is 0 Å². The van der Waals surface area contributed by atoms with E-state index >= 15 is 0 Å². The van der Waals surface area contributed by atoms with Crippen molar-refractivity contribution in [2.75, 3.05) is 0 Å². The van der Waals surface area contributed by atoms with Crippen LogP contribution in [-0.2, 0) is 38.1 Å². The van der Waals surface area contributed by atoms with Crippen molar-refractivity contribution in [1.82, 2.24) is 0 Å². The number of hydrogen-bond donors (Lipinski definition) is 0. The molecule has 0 fully saturated rings. The second kappa shape index (κ2) is 7.65. The van der Waals surface area contributed by atoms with E-state index in [1.54, 1.807) is 0 Å². The summed E-state index contributed by atoms with van der Waals surface area (Å²) in [5.74, 6) is 0. The molecule has 2 aromatic rings. The van der Waals surface area contributed by atoms with Crippen LogP contribution >= 0.6 is 17.0 Å². The summed E-state index contributed by atoms with van der Waals surface area (Å²) in [5, 5.41) is 0. The van der Waals surface area contributed by atoms with Crippen molar-refractivity contribution < 1.29 is 20.8 Å². The number of fused-ring (bicyclic) bond motifs is 3. The van der Waals surface area contributed by atoms with Gasteiger partial charge in [0.25, 0.3) is 0 Å². The summed E-state index contributed by atoms with van der Waals surface area (Å²) in [6.07, 6.45) is 1.03. The monoisotopic (exact) mass is 437 g/mol. The van der Waals surface area contributed by atoms with E-state index in [4.69, 9.17) is 17.0 Å². The van der Waals surface area contributed by atoms with Crippen LogP contribution in [0.3, 0.4) is 0 Å². The topological polar surface area (TPSA) is 0 Å². The summed E-state index contributed by atoms with van der Waals surface area (Å²) in [6, 6.07) is 14.8. The molecule has 0 heterocycles. The van der Waals surface area contributed by atoms with Gasteiger partial charge in [0, 0.05) is 0 Å². The summed E-state index contributed by atoms with van der Waals surface area (Å²) in [6.45, 7) is 13.8. The van der Waals surface area contributed by atoms with Gasteiger partial charge in [-0.2, -0.15) is 18.2 Å². The number of benzene rings is 2. The molecule has 2 aromatic carbocycles. The fourth-order valence-corrected chi connectivity index (χ4v) is 3.24. The van der Waals surface area contributed by atoms with Crippen molar-refractivity contribution in [2.45, 2.75) is 58.8 Å². The van der Waals surface area contributed by atoms with Crippen LogP contribution in [0.5, 0.6) is 0 Å². The van der Waals surface area contributed by atoms with E-state index in [2.05, 4.69) is 77.9 Å². The molecule has 0 radical (unpaired) electrons. The summed E-state index contributed by atoms with van der Waals surface area (Å²) in [7, 11) is 9.87. The molecule has 0 spiro atoms. The van der Waals surface area contributed by atoms with E-state index in [9.17, 15) is 0 Å². The molecular weight excluding hydrogens is 414 g/mol.